The Morgan fingerprint density at radius 1 is 1.10 bits per heavy atom. The van der Waals surface area contributed by atoms with Crippen LogP contribution in [-0.2, 0) is 10.4 Å². The van der Waals surface area contributed by atoms with E-state index in [0.29, 0.717) is 27.1 Å². The maximum absolute atomic E-state index is 12.4. The number of nitrogen functional groups attached to an aromatic ring is 1. The molecule has 0 radical (unpaired) electrons. The van der Waals surface area contributed by atoms with E-state index in [0.717, 1.165) is 10.8 Å². The van der Waals surface area contributed by atoms with Crippen LogP contribution in [0, 0.1) is 10.1 Å². The van der Waals surface area contributed by atoms with Gasteiger partial charge in [-0.05, 0) is 12.1 Å². The van der Waals surface area contributed by atoms with Crippen molar-refractivity contribution in [3.8, 4) is 10.4 Å². The highest BCUT2D eigenvalue weighted by Crippen LogP contribution is 2.40. The van der Waals surface area contributed by atoms with Gasteiger partial charge in [-0.1, -0.05) is 18.2 Å². The van der Waals surface area contributed by atoms with Crippen molar-refractivity contribution in [2.45, 2.75) is 0 Å². The van der Waals surface area contributed by atoms with Crippen LogP contribution in [0.15, 0.2) is 57.1 Å². The summed E-state index contributed by atoms with van der Waals surface area (Å²) in [6.07, 6.45) is 0. The maximum atomic E-state index is 12.4. The minimum absolute atomic E-state index is 0.0778. The summed E-state index contributed by atoms with van der Waals surface area (Å²) >= 11 is 1.32. The van der Waals surface area contributed by atoms with Crippen molar-refractivity contribution in [3.63, 3.8) is 0 Å². The van der Waals surface area contributed by atoms with Gasteiger partial charge in [0.15, 0.2) is 0 Å². The second-order valence-corrected chi connectivity index (χ2v) is 7.49. The molecule has 150 valence electrons. The van der Waals surface area contributed by atoms with Gasteiger partial charge in [-0.15, -0.1) is 11.3 Å². The molecule has 0 atom stereocenters. The number of nitro groups is 1. The average Bonchev–Trinajstić information content (AvgIpc) is 3.06. The number of anilines is 1. The minimum atomic E-state index is -4.67. The molecule has 0 aliphatic carbocycles. The lowest BCUT2D eigenvalue weighted by atomic mass is 10.1. The van der Waals surface area contributed by atoms with Crippen LogP contribution in [0.1, 0.15) is 0 Å². The highest BCUT2D eigenvalue weighted by atomic mass is 32.3. The monoisotopic (exact) mass is 436 g/mol. The number of nitrogens with two attached hydrogens (primary N) is 1. The normalized spacial score (nSPS) is 11.2. The second kappa shape index (κ2) is 7.60. The Bertz CT molecular complexity index is 1400. The Labute approximate surface area is 166 Å². The third kappa shape index (κ3) is 4.41. The van der Waals surface area contributed by atoms with Crippen molar-refractivity contribution in [2.24, 2.45) is 0 Å². The van der Waals surface area contributed by atoms with Crippen molar-refractivity contribution < 1.29 is 26.9 Å². The van der Waals surface area contributed by atoms with E-state index in [1.807, 2.05) is 17.5 Å². The summed E-state index contributed by atoms with van der Waals surface area (Å²) < 4.78 is 37.0. The van der Waals surface area contributed by atoms with Crippen LogP contribution in [0.3, 0.4) is 0 Å². The SMILES string of the molecule is Nc1ccc([N+](=O)[O-])cc1-c1scc2c1c(=O)oc1ccccc12.O=S(=O)(O)O. The van der Waals surface area contributed by atoms with Gasteiger partial charge < -0.3 is 10.2 Å². The second-order valence-electron chi connectivity index (χ2n) is 5.72. The van der Waals surface area contributed by atoms with Gasteiger partial charge in [0.25, 0.3) is 5.69 Å². The van der Waals surface area contributed by atoms with Crippen molar-refractivity contribution in [3.05, 3.63) is 68.4 Å². The van der Waals surface area contributed by atoms with Crippen LogP contribution in [0.2, 0.25) is 0 Å². The molecular weight excluding hydrogens is 424 g/mol. The number of hydrogen-bond donors (Lipinski definition) is 3. The van der Waals surface area contributed by atoms with Crippen LogP contribution in [0.5, 0.6) is 0 Å². The first-order valence-corrected chi connectivity index (χ1v) is 10.0. The van der Waals surface area contributed by atoms with Crippen LogP contribution >= 0.6 is 11.3 Å². The number of non-ortho nitro benzene ring substituents is 1. The molecule has 0 bridgehead atoms. The van der Waals surface area contributed by atoms with E-state index in [2.05, 4.69) is 0 Å². The molecule has 0 spiro atoms. The van der Waals surface area contributed by atoms with Gasteiger partial charge in [0.05, 0.1) is 15.2 Å². The van der Waals surface area contributed by atoms with E-state index in [9.17, 15) is 14.9 Å². The van der Waals surface area contributed by atoms with Crippen molar-refractivity contribution in [1.82, 2.24) is 0 Å². The van der Waals surface area contributed by atoms with E-state index in [1.54, 1.807) is 12.1 Å². The molecule has 10 nitrogen and oxygen atoms in total. The van der Waals surface area contributed by atoms with E-state index in [4.69, 9.17) is 27.7 Å². The lowest BCUT2D eigenvalue weighted by Gasteiger charge is -2.04. The molecule has 0 unspecified atom stereocenters. The number of nitro benzene ring substituents is 1. The number of fused-ring (bicyclic) bond motifs is 3. The molecule has 2 heterocycles. The Morgan fingerprint density at radius 3 is 2.41 bits per heavy atom. The van der Waals surface area contributed by atoms with Gasteiger partial charge >= 0.3 is 16.0 Å². The van der Waals surface area contributed by atoms with Crippen LogP contribution in [-0.4, -0.2) is 22.4 Å². The predicted octanol–water partition coefficient (Wildman–Crippen LogP) is 3.51. The van der Waals surface area contributed by atoms with Crippen LogP contribution < -0.4 is 11.4 Å². The summed E-state index contributed by atoms with van der Waals surface area (Å²) in [5.74, 6) is 0. The Morgan fingerprint density at radius 2 is 1.76 bits per heavy atom. The summed E-state index contributed by atoms with van der Waals surface area (Å²) in [4.78, 5) is 23.6. The molecule has 0 fully saturated rings. The van der Waals surface area contributed by atoms with Crippen molar-refractivity contribution in [1.29, 1.82) is 0 Å². The number of benzene rings is 2. The maximum Gasteiger partial charge on any atom is 0.394 e. The number of rotatable bonds is 2. The van der Waals surface area contributed by atoms with Gasteiger partial charge in [0.1, 0.15) is 5.58 Å². The third-order valence-electron chi connectivity index (χ3n) is 3.87. The first kappa shape index (κ1) is 20.4. The van der Waals surface area contributed by atoms with Crippen molar-refractivity contribution in [2.75, 3.05) is 5.73 Å². The fourth-order valence-electron chi connectivity index (χ4n) is 2.74. The fraction of sp³-hybridized carbons (Fsp3) is 0. The zero-order valence-corrected chi connectivity index (χ0v) is 15.9. The molecule has 0 saturated carbocycles. The Kier molecular flexibility index (Phi) is 5.35. The highest BCUT2D eigenvalue weighted by Gasteiger charge is 2.18. The van der Waals surface area contributed by atoms with Crippen LogP contribution in [0.4, 0.5) is 11.4 Å². The third-order valence-corrected chi connectivity index (χ3v) is 4.88. The average molecular weight is 436 g/mol. The molecule has 0 saturated heterocycles. The van der Waals surface area contributed by atoms with Gasteiger partial charge in [-0.2, -0.15) is 8.42 Å². The lowest BCUT2D eigenvalue weighted by molar-refractivity contribution is -0.384. The lowest BCUT2D eigenvalue weighted by Crippen LogP contribution is -2.00. The Balaban J connectivity index is 0.000000431. The van der Waals surface area contributed by atoms with E-state index in [-0.39, 0.29) is 5.69 Å². The number of nitrogens with zero attached hydrogens (tertiary/aromatic N) is 1. The molecule has 0 aliphatic rings. The van der Waals surface area contributed by atoms with E-state index in [1.165, 1.54) is 29.5 Å². The van der Waals surface area contributed by atoms with E-state index < -0.39 is 20.9 Å². The smallest absolute Gasteiger partial charge is 0.394 e. The number of hydrogen-bond acceptors (Lipinski definition) is 8. The molecule has 29 heavy (non-hydrogen) atoms. The predicted molar refractivity (Wildman–Crippen MR) is 109 cm³/mol. The first-order valence-electron chi connectivity index (χ1n) is 7.73. The van der Waals surface area contributed by atoms with Gasteiger partial charge in [0, 0.05) is 39.5 Å². The molecular formula is C17H12N2O8S2. The summed E-state index contributed by atoms with van der Waals surface area (Å²) in [6.45, 7) is 0. The number of thiophene rings is 1. The van der Waals surface area contributed by atoms with Gasteiger partial charge in [0.2, 0.25) is 0 Å². The highest BCUT2D eigenvalue weighted by molar-refractivity contribution is 7.79. The number of para-hydroxylation sites is 1. The molecule has 12 heteroatoms. The molecule has 0 aliphatic heterocycles. The summed E-state index contributed by atoms with van der Waals surface area (Å²) in [6, 6.07) is 11.5. The first-order chi connectivity index (χ1) is 13.6. The van der Waals surface area contributed by atoms with Crippen molar-refractivity contribution >= 4 is 54.9 Å². The van der Waals surface area contributed by atoms with Gasteiger partial charge in [-0.3, -0.25) is 19.2 Å². The summed E-state index contributed by atoms with van der Waals surface area (Å²) in [5.41, 5.74) is 6.77. The molecule has 4 aromatic rings. The summed E-state index contributed by atoms with van der Waals surface area (Å²) in [7, 11) is -4.67. The molecule has 4 N–H and O–H groups in total. The molecule has 2 aromatic heterocycles. The van der Waals surface area contributed by atoms with E-state index >= 15 is 0 Å². The fourth-order valence-corrected chi connectivity index (χ4v) is 3.84. The quantitative estimate of drug-likeness (QED) is 0.140. The zero-order valence-electron chi connectivity index (χ0n) is 14.3. The zero-order chi connectivity index (χ0) is 21.3. The Hall–Kier alpha value is -3.32. The minimum Gasteiger partial charge on any atom is -0.422 e. The molecule has 2 aromatic carbocycles. The standard InChI is InChI=1S/C17H10N2O4S.H2O4S/c18-13-6-5-9(19(21)22)7-11(13)16-15-12(8-24-16)10-3-1-2-4-14(10)23-17(15)20;1-5(2,3)4/h1-8H,18H2;(H2,1,2,3,4). The molecule has 0 amide bonds. The largest absolute Gasteiger partial charge is 0.422 e. The topological polar surface area (TPSA) is 174 Å². The van der Waals surface area contributed by atoms with Crippen LogP contribution in [0.25, 0.3) is 32.2 Å². The van der Waals surface area contributed by atoms with Gasteiger partial charge in [-0.25, -0.2) is 4.79 Å². The molecule has 4 rings (SSSR count). The summed E-state index contributed by atoms with van der Waals surface area (Å²) in [5, 5.41) is 14.8.